The Labute approximate surface area is 515 Å². The first-order valence-electron chi connectivity index (χ1n) is 35.7. The standard InChI is InChI=1S/C77H134O6/c1-4-7-10-13-16-19-22-25-27-29-31-32-33-34-35-36-37-38-39-40-41-42-43-44-46-47-49-52-55-58-61-64-67-70-76(79)82-73-74(72-81-75(78)69-66-63-60-57-54-51-24-21-18-15-12-9-6-3)83-77(80)71-68-65-62-59-56-53-50-48-45-30-28-26-23-20-17-14-11-8-5-2/h12,15,17,20-22,24-26,28-29,31,33-34,45,48,74H,4-11,13-14,16,18-19,23,27,30,32,35-44,46-47,49-73H2,1-3H3/b15-12-,20-17-,24-21-,25-22-,28-26-,31-29-,34-33-,48-45-. The zero-order valence-electron chi connectivity index (χ0n) is 54.9. The van der Waals surface area contributed by atoms with Crippen molar-refractivity contribution in [2.75, 3.05) is 13.2 Å². The third-order valence-electron chi connectivity index (χ3n) is 15.5. The van der Waals surface area contributed by atoms with Crippen LogP contribution in [0.4, 0.5) is 0 Å². The van der Waals surface area contributed by atoms with Crippen LogP contribution in [0.15, 0.2) is 97.2 Å². The molecule has 0 fully saturated rings. The highest BCUT2D eigenvalue weighted by Gasteiger charge is 2.19. The highest BCUT2D eigenvalue weighted by atomic mass is 16.6. The van der Waals surface area contributed by atoms with Crippen molar-refractivity contribution >= 4 is 17.9 Å². The molecule has 0 spiro atoms. The van der Waals surface area contributed by atoms with Gasteiger partial charge in [-0.15, -0.1) is 0 Å². The number of allylic oxidation sites excluding steroid dienone is 16. The van der Waals surface area contributed by atoms with Gasteiger partial charge in [-0.25, -0.2) is 0 Å². The minimum Gasteiger partial charge on any atom is -0.462 e. The van der Waals surface area contributed by atoms with Gasteiger partial charge < -0.3 is 14.2 Å². The van der Waals surface area contributed by atoms with Crippen molar-refractivity contribution in [3.63, 3.8) is 0 Å². The Hall–Kier alpha value is -3.67. The quantitative estimate of drug-likeness (QED) is 0.0261. The summed E-state index contributed by atoms with van der Waals surface area (Å²) in [6.45, 7) is 6.55. The van der Waals surface area contributed by atoms with Crippen LogP contribution < -0.4 is 0 Å². The average Bonchev–Trinajstić information content (AvgIpc) is 3.49. The molecule has 0 aliphatic rings. The van der Waals surface area contributed by atoms with Gasteiger partial charge in [0.25, 0.3) is 0 Å². The maximum atomic E-state index is 12.9. The molecule has 0 aromatic heterocycles. The van der Waals surface area contributed by atoms with Crippen LogP contribution >= 0.6 is 0 Å². The lowest BCUT2D eigenvalue weighted by atomic mass is 10.0. The summed E-state index contributed by atoms with van der Waals surface area (Å²) in [6.07, 6.45) is 95.9. The van der Waals surface area contributed by atoms with Crippen LogP contribution in [0.2, 0.25) is 0 Å². The van der Waals surface area contributed by atoms with Gasteiger partial charge in [0, 0.05) is 19.3 Å². The molecular weight excluding hydrogens is 1020 g/mol. The zero-order valence-corrected chi connectivity index (χ0v) is 54.9. The lowest BCUT2D eigenvalue weighted by Gasteiger charge is -2.18. The van der Waals surface area contributed by atoms with E-state index in [0.717, 1.165) is 128 Å². The van der Waals surface area contributed by atoms with E-state index >= 15 is 0 Å². The van der Waals surface area contributed by atoms with Gasteiger partial charge in [-0.3, -0.25) is 14.4 Å². The van der Waals surface area contributed by atoms with Crippen LogP contribution in [-0.4, -0.2) is 37.2 Å². The fourth-order valence-corrected chi connectivity index (χ4v) is 10.1. The number of unbranched alkanes of at least 4 members (excludes halogenated alkanes) is 38. The lowest BCUT2D eigenvalue weighted by Crippen LogP contribution is -2.30. The molecule has 0 rings (SSSR count). The maximum Gasteiger partial charge on any atom is 0.306 e. The Kier molecular flexibility index (Phi) is 67.7. The summed E-state index contributed by atoms with van der Waals surface area (Å²) in [5.74, 6) is -0.899. The predicted octanol–water partition coefficient (Wildman–Crippen LogP) is 24.8. The van der Waals surface area contributed by atoms with Crippen LogP contribution in [0.25, 0.3) is 0 Å². The Bertz CT molecular complexity index is 1610. The highest BCUT2D eigenvalue weighted by molar-refractivity contribution is 5.71. The third-order valence-corrected chi connectivity index (χ3v) is 15.5. The van der Waals surface area contributed by atoms with Crippen molar-refractivity contribution in [2.24, 2.45) is 0 Å². The van der Waals surface area contributed by atoms with E-state index in [0.29, 0.717) is 19.3 Å². The van der Waals surface area contributed by atoms with Gasteiger partial charge in [-0.2, -0.15) is 0 Å². The second-order valence-corrected chi connectivity index (χ2v) is 23.8. The van der Waals surface area contributed by atoms with Gasteiger partial charge in [0.2, 0.25) is 0 Å². The smallest absolute Gasteiger partial charge is 0.306 e. The van der Waals surface area contributed by atoms with Crippen molar-refractivity contribution in [3.8, 4) is 0 Å². The van der Waals surface area contributed by atoms with Crippen molar-refractivity contribution in [1.29, 1.82) is 0 Å². The molecule has 1 unspecified atom stereocenters. The molecule has 478 valence electrons. The van der Waals surface area contributed by atoms with Crippen LogP contribution in [0.3, 0.4) is 0 Å². The predicted molar refractivity (Wildman–Crippen MR) is 362 cm³/mol. The molecule has 0 radical (unpaired) electrons. The van der Waals surface area contributed by atoms with Crippen molar-refractivity contribution < 1.29 is 28.6 Å². The van der Waals surface area contributed by atoms with E-state index in [2.05, 4.69) is 118 Å². The highest BCUT2D eigenvalue weighted by Crippen LogP contribution is 2.17. The fourth-order valence-electron chi connectivity index (χ4n) is 10.1. The Morgan fingerprint density at radius 2 is 0.458 bits per heavy atom. The van der Waals surface area contributed by atoms with Crippen molar-refractivity contribution in [1.82, 2.24) is 0 Å². The van der Waals surface area contributed by atoms with E-state index in [-0.39, 0.29) is 31.1 Å². The maximum absolute atomic E-state index is 12.9. The molecule has 6 heteroatoms. The molecule has 0 aromatic carbocycles. The molecule has 0 aliphatic carbocycles. The van der Waals surface area contributed by atoms with E-state index in [1.807, 2.05) is 0 Å². The average molecular weight is 1160 g/mol. The summed E-state index contributed by atoms with van der Waals surface area (Å²) in [7, 11) is 0. The van der Waals surface area contributed by atoms with E-state index in [1.165, 1.54) is 186 Å². The number of esters is 3. The first-order valence-corrected chi connectivity index (χ1v) is 35.7. The Morgan fingerprint density at radius 3 is 0.747 bits per heavy atom. The van der Waals surface area contributed by atoms with E-state index in [9.17, 15) is 14.4 Å². The third kappa shape index (κ3) is 69.0. The van der Waals surface area contributed by atoms with Crippen LogP contribution in [-0.2, 0) is 28.6 Å². The van der Waals surface area contributed by atoms with E-state index in [1.54, 1.807) is 0 Å². The van der Waals surface area contributed by atoms with Gasteiger partial charge in [-0.1, -0.05) is 311 Å². The van der Waals surface area contributed by atoms with Gasteiger partial charge >= 0.3 is 17.9 Å². The first-order chi connectivity index (χ1) is 41.0. The van der Waals surface area contributed by atoms with Crippen LogP contribution in [0.5, 0.6) is 0 Å². The van der Waals surface area contributed by atoms with Gasteiger partial charge in [0.15, 0.2) is 6.10 Å². The van der Waals surface area contributed by atoms with Gasteiger partial charge in [-0.05, 0) is 122 Å². The molecule has 83 heavy (non-hydrogen) atoms. The molecule has 6 nitrogen and oxygen atoms in total. The Morgan fingerprint density at radius 1 is 0.241 bits per heavy atom. The lowest BCUT2D eigenvalue weighted by molar-refractivity contribution is -0.167. The molecule has 0 amide bonds. The summed E-state index contributed by atoms with van der Waals surface area (Å²) in [6, 6.07) is 0. The van der Waals surface area contributed by atoms with Crippen LogP contribution in [0, 0.1) is 0 Å². The van der Waals surface area contributed by atoms with Crippen molar-refractivity contribution in [3.05, 3.63) is 97.2 Å². The number of hydrogen-bond acceptors (Lipinski definition) is 6. The number of ether oxygens (including phenoxy) is 3. The molecule has 0 bridgehead atoms. The number of hydrogen-bond donors (Lipinski definition) is 0. The van der Waals surface area contributed by atoms with Gasteiger partial charge in [0.05, 0.1) is 0 Å². The second-order valence-electron chi connectivity index (χ2n) is 23.8. The molecule has 0 heterocycles. The van der Waals surface area contributed by atoms with Gasteiger partial charge in [0.1, 0.15) is 13.2 Å². The second kappa shape index (κ2) is 70.8. The number of rotatable bonds is 65. The van der Waals surface area contributed by atoms with Crippen LogP contribution in [0.1, 0.15) is 355 Å². The summed E-state index contributed by atoms with van der Waals surface area (Å²) in [5.41, 5.74) is 0. The molecule has 0 aliphatic heterocycles. The summed E-state index contributed by atoms with van der Waals surface area (Å²) in [5, 5.41) is 0. The normalized spacial score (nSPS) is 12.7. The topological polar surface area (TPSA) is 78.9 Å². The molecule has 0 saturated heterocycles. The van der Waals surface area contributed by atoms with Crippen molar-refractivity contribution in [2.45, 2.75) is 361 Å². The molecular formula is C77H134O6. The minimum atomic E-state index is -0.791. The Balaban J connectivity index is 4.20. The van der Waals surface area contributed by atoms with E-state index in [4.69, 9.17) is 14.2 Å². The molecule has 0 saturated carbocycles. The minimum absolute atomic E-state index is 0.0852. The SMILES string of the molecule is CCC/C=C\C/C=C\CCCCCCCC(=O)OCC(COC(=O)CCCCCCCCCCCCCCCCCCCC/C=C\C/C=C\C/C=C\CCCCCCC)OC(=O)CCCCCCCC/C=C\C/C=C\C/C=C\CCCCC. The summed E-state index contributed by atoms with van der Waals surface area (Å²) < 4.78 is 16.9. The molecule has 0 aromatic rings. The zero-order chi connectivity index (χ0) is 59.9. The molecule has 1 atom stereocenters. The monoisotopic (exact) mass is 1160 g/mol. The summed E-state index contributed by atoms with van der Waals surface area (Å²) in [4.78, 5) is 38.4. The first kappa shape index (κ1) is 79.3. The molecule has 0 N–H and O–H groups in total. The summed E-state index contributed by atoms with van der Waals surface area (Å²) >= 11 is 0. The number of carbonyl (C=O) groups is 3. The fraction of sp³-hybridized carbons (Fsp3) is 0.753. The number of carbonyl (C=O) groups excluding carboxylic acids is 3. The largest absolute Gasteiger partial charge is 0.462 e. The van der Waals surface area contributed by atoms with E-state index < -0.39 is 6.10 Å².